The van der Waals surface area contributed by atoms with Gasteiger partial charge >= 0.3 is 0 Å². The van der Waals surface area contributed by atoms with Gasteiger partial charge in [0.25, 0.3) is 0 Å². The van der Waals surface area contributed by atoms with Gasteiger partial charge in [-0.1, -0.05) is 37.3 Å². The minimum atomic E-state index is 0.580. The van der Waals surface area contributed by atoms with Gasteiger partial charge in [-0.2, -0.15) is 0 Å². The lowest BCUT2D eigenvalue weighted by molar-refractivity contribution is 0.899. The second-order valence-electron chi connectivity index (χ2n) is 5.23. The van der Waals surface area contributed by atoms with E-state index in [1.807, 2.05) is 0 Å². The van der Waals surface area contributed by atoms with E-state index in [0.29, 0.717) is 5.88 Å². The number of aromatic nitrogens is 2. The first-order valence-corrected chi connectivity index (χ1v) is 7.91. The largest absolute Gasteiger partial charge is 0.296 e. The van der Waals surface area contributed by atoms with Crippen molar-refractivity contribution in [1.29, 1.82) is 0 Å². The molecule has 0 unspecified atom stereocenters. The van der Waals surface area contributed by atoms with E-state index in [2.05, 4.69) is 60.9 Å². The van der Waals surface area contributed by atoms with Gasteiger partial charge in [0.05, 0.1) is 16.7 Å². The van der Waals surface area contributed by atoms with Gasteiger partial charge in [-0.25, -0.2) is 4.98 Å². The van der Waals surface area contributed by atoms with Crippen LogP contribution < -0.4 is 0 Å². The summed E-state index contributed by atoms with van der Waals surface area (Å²) < 4.78 is 2.27. The van der Waals surface area contributed by atoms with E-state index in [1.165, 1.54) is 16.8 Å². The maximum absolute atomic E-state index is 5.98. The molecular weight excluding hydrogens is 280 g/mol. The van der Waals surface area contributed by atoms with Crippen molar-refractivity contribution >= 4 is 22.6 Å². The summed E-state index contributed by atoms with van der Waals surface area (Å²) in [4.78, 5) is 4.83. The maximum Gasteiger partial charge on any atom is 0.115 e. The minimum Gasteiger partial charge on any atom is -0.296 e. The fourth-order valence-electron chi connectivity index (χ4n) is 2.84. The van der Waals surface area contributed by atoms with Crippen LogP contribution in [0.15, 0.2) is 42.5 Å². The molecule has 108 valence electrons. The van der Waals surface area contributed by atoms with Crippen LogP contribution in [0.3, 0.4) is 0 Å². The van der Waals surface area contributed by atoms with Crippen molar-refractivity contribution in [2.45, 2.75) is 26.7 Å². The van der Waals surface area contributed by atoms with Crippen molar-refractivity contribution in [3.8, 4) is 5.69 Å². The Balaban J connectivity index is 2.34. The number of alkyl halides is 1. The quantitative estimate of drug-likeness (QED) is 0.640. The summed E-state index contributed by atoms with van der Waals surface area (Å²) in [6, 6.07) is 14.9. The van der Waals surface area contributed by atoms with E-state index in [1.54, 1.807) is 0 Å². The van der Waals surface area contributed by atoms with E-state index in [-0.39, 0.29) is 0 Å². The molecule has 1 aromatic heterocycles. The first-order chi connectivity index (χ1) is 10.3. The molecule has 0 fully saturated rings. The monoisotopic (exact) mass is 298 g/mol. The smallest absolute Gasteiger partial charge is 0.115 e. The lowest BCUT2D eigenvalue weighted by Gasteiger charge is -2.13. The Labute approximate surface area is 130 Å². The summed E-state index contributed by atoms with van der Waals surface area (Å²) in [5.74, 6) is 1.62. The Kier molecular flexibility index (Phi) is 3.98. The first-order valence-electron chi connectivity index (χ1n) is 7.37. The van der Waals surface area contributed by atoms with Crippen molar-refractivity contribution in [1.82, 2.24) is 9.55 Å². The molecular formula is C18H19ClN2. The number of nitrogens with zero attached hydrogens (tertiary/aromatic N) is 2. The van der Waals surface area contributed by atoms with Gasteiger partial charge in [0, 0.05) is 12.3 Å². The van der Waals surface area contributed by atoms with Gasteiger partial charge in [-0.15, -0.1) is 11.6 Å². The van der Waals surface area contributed by atoms with Crippen molar-refractivity contribution in [3.05, 3.63) is 59.4 Å². The van der Waals surface area contributed by atoms with E-state index in [0.717, 1.165) is 29.7 Å². The Bertz CT molecular complexity index is 774. The molecule has 1 heterocycles. The van der Waals surface area contributed by atoms with Crippen molar-refractivity contribution in [3.63, 3.8) is 0 Å². The fourth-order valence-corrected chi connectivity index (χ4v) is 3.01. The topological polar surface area (TPSA) is 17.8 Å². The maximum atomic E-state index is 5.98. The highest BCUT2D eigenvalue weighted by molar-refractivity contribution is 6.18. The van der Waals surface area contributed by atoms with Gasteiger partial charge in [0.1, 0.15) is 5.82 Å². The molecule has 0 bridgehead atoms. The van der Waals surface area contributed by atoms with Crippen LogP contribution >= 0.6 is 11.6 Å². The summed E-state index contributed by atoms with van der Waals surface area (Å²) in [7, 11) is 0. The zero-order chi connectivity index (χ0) is 14.8. The molecule has 0 atom stereocenters. The van der Waals surface area contributed by atoms with Crippen LogP contribution in [0.4, 0.5) is 0 Å². The molecule has 0 N–H and O–H groups in total. The van der Waals surface area contributed by atoms with E-state index in [9.17, 15) is 0 Å². The van der Waals surface area contributed by atoms with Gasteiger partial charge in [0.15, 0.2) is 0 Å². The molecule has 2 nitrogen and oxygen atoms in total. The van der Waals surface area contributed by atoms with Crippen LogP contribution in [0.5, 0.6) is 0 Å². The van der Waals surface area contributed by atoms with Crippen molar-refractivity contribution in [2.24, 2.45) is 0 Å². The van der Waals surface area contributed by atoms with E-state index >= 15 is 0 Å². The normalized spacial score (nSPS) is 11.2. The highest BCUT2D eigenvalue weighted by Crippen LogP contribution is 2.26. The lowest BCUT2D eigenvalue weighted by atomic mass is 10.1. The predicted molar refractivity (Wildman–Crippen MR) is 89.6 cm³/mol. The van der Waals surface area contributed by atoms with E-state index < -0.39 is 0 Å². The van der Waals surface area contributed by atoms with Crippen molar-refractivity contribution < 1.29 is 0 Å². The highest BCUT2D eigenvalue weighted by Gasteiger charge is 2.15. The van der Waals surface area contributed by atoms with Crippen LogP contribution in [0.2, 0.25) is 0 Å². The Hall–Kier alpha value is -1.80. The summed E-state index contributed by atoms with van der Waals surface area (Å²) in [5.41, 5.74) is 5.98. The lowest BCUT2D eigenvalue weighted by Crippen LogP contribution is -2.04. The average Bonchev–Trinajstić information content (AvgIpc) is 2.87. The summed E-state index contributed by atoms with van der Waals surface area (Å²) in [6.07, 6.45) is 1.77. The number of halogens is 1. The van der Waals surface area contributed by atoms with Gasteiger partial charge in [-0.3, -0.25) is 4.57 Å². The van der Waals surface area contributed by atoms with Crippen LogP contribution in [-0.2, 0) is 12.8 Å². The number of benzene rings is 2. The van der Waals surface area contributed by atoms with Crippen molar-refractivity contribution in [2.75, 3.05) is 5.88 Å². The summed E-state index contributed by atoms with van der Waals surface area (Å²) in [5, 5.41) is 0. The third kappa shape index (κ3) is 2.44. The molecule has 21 heavy (non-hydrogen) atoms. The molecule has 0 spiro atoms. The fraction of sp³-hybridized carbons (Fsp3) is 0.278. The molecule has 0 aliphatic heterocycles. The number of imidazole rings is 1. The summed E-state index contributed by atoms with van der Waals surface area (Å²) >= 11 is 5.98. The Morgan fingerprint density at radius 1 is 1.10 bits per heavy atom. The first kappa shape index (κ1) is 14.2. The molecule has 0 amide bonds. The molecule has 0 radical (unpaired) electrons. The van der Waals surface area contributed by atoms with E-state index in [4.69, 9.17) is 16.6 Å². The third-order valence-electron chi connectivity index (χ3n) is 3.89. The number of para-hydroxylation sites is 2. The van der Waals surface area contributed by atoms with Gasteiger partial charge < -0.3 is 0 Å². The number of fused-ring (bicyclic) bond motifs is 1. The molecule has 2 aromatic carbocycles. The van der Waals surface area contributed by atoms with Crippen LogP contribution in [-0.4, -0.2) is 15.4 Å². The highest BCUT2D eigenvalue weighted by atomic mass is 35.5. The molecule has 0 saturated heterocycles. The average molecular weight is 299 g/mol. The summed E-state index contributed by atoms with van der Waals surface area (Å²) in [6.45, 7) is 4.29. The van der Waals surface area contributed by atoms with Crippen LogP contribution in [0, 0.1) is 6.92 Å². The standard InChI is InChI=1S/C18H19ClN2/c1-3-14-8-4-5-9-15(14)21-16-10-6-7-13(2)18(16)20-17(21)11-12-19/h4-10H,3,11-12H2,1-2H3. The number of hydrogen-bond donors (Lipinski definition) is 0. The molecule has 3 heteroatoms. The number of rotatable bonds is 4. The van der Waals surface area contributed by atoms with Gasteiger partial charge in [-0.05, 0) is 36.6 Å². The SMILES string of the molecule is CCc1ccccc1-n1c(CCCl)nc2c(C)cccc21. The minimum absolute atomic E-state index is 0.580. The second-order valence-corrected chi connectivity index (χ2v) is 5.61. The molecule has 3 rings (SSSR count). The molecule has 3 aromatic rings. The predicted octanol–water partition coefficient (Wildman–Crippen LogP) is 4.68. The zero-order valence-electron chi connectivity index (χ0n) is 12.4. The zero-order valence-corrected chi connectivity index (χ0v) is 13.2. The van der Waals surface area contributed by atoms with Crippen LogP contribution in [0.25, 0.3) is 16.7 Å². The molecule has 0 aliphatic carbocycles. The molecule has 0 aliphatic rings. The van der Waals surface area contributed by atoms with Gasteiger partial charge in [0.2, 0.25) is 0 Å². The molecule has 0 saturated carbocycles. The van der Waals surface area contributed by atoms with Crippen LogP contribution in [0.1, 0.15) is 23.9 Å². The Morgan fingerprint density at radius 3 is 2.67 bits per heavy atom. The number of hydrogen-bond acceptors (Lipinski definition) is 1. The number of aryl methyl sites for hydroxylation is 3. The Morgan fingerprint density at radius 2 is 1.90 bits per heavy atom. The third-order valence-corrected chi connectivity index (χ3v) is 4.08. The second kappa shape index (κ2) is 5.90.